The number of hydrogen-bond acceptors (Lipinski definition) is 2. The molecule has 0 spiro atoms. The summed E-state index contributed by atoms with van der Waals surface area (Å²) in [7, 11) is 0. The first-order valence-electron chi connectivity index (χ1n) is 4.40. The molecule has 0 unspecified atom stereocenters. The molecule has 0 saturated carbocycles. The zero-order valence-electron chi connectivity index (χ0n) is 7.53. The number of aryl methyl sites for hydroxylation is 1. The summed E-state index contributed by atoms with van der Waals surface area (Å²) < 4.78 is 4.34. The molecular formula is C11H11NS. The molecule has 0 amide bonds. The van der Waals surface area contributed by atoms with Gasteiger partial charge in [-0.25, -0.2) is 0 Å². The molecule has 2 rings (SSSR count). The van der Waals surface area contributed by atoms with Crippen molar-refractivity contribution in [3.63, 3.8) is 0 Å². The third-order valence-electron chi connectivity index (χ3n) is 2.11. The van der Waals surface area contributed by atoms with E-state index in [4.69, 9.17) is 0 Å². The number of rotatable bonds is 2. The molecule has 0 saturated heterocycles. The zero-order valence-corrected chi connectivity index (χ0v) is 8.34. The Kier molecular flexibility index (Phi) is 2.41. The second-order valence-electron chi connectivity index (χ2n) is 2.90. The van der Waals surface area contributed by atoms with Gasteiger partial charge in [0, 0.05) is 10.9 Å². The summed E-state index contributed by atoms with van der Waals surface area (Å²) in [5.74, 6) is 0. The van der Waals surface area contributed by atoms with Crippen LogP contribution in [0.3, 0.4) is 0 Å². The highest BCUT2D eigenvalue weighted by Crippen LogP contribution is 2.22. The molecule has 1 aromatic carbocycles. The Morgan fingerprint density at radius 2 is 2.08 bits per heavy atom. The smallest absolute Gasteiger partial charge is 0.0843 e. The quantitative estimate of drug-likeness (QED) is 0.705. The largest absolute Gasteiger partial charge is 0.193 e. The molecule has 0 radical (unpaired) electrons. The number of benzene rings is 1. The van der Waals surface area contributed by atoms with Crippen molar-refractivity contribution in [2.24, 2.45) is 0 Å². The maximum atomic E-state index is 4.34. The summed E-state index contributed by atoms with van der Waals surface area (Å²) in [6.07, 6.45) is 1.06. The van der Waals surface area contributed by atoms with Gasteiger partial charge in [0.25, 0.3) is 0 Å². The van der Waals surface area contributed by atoms with Gasteiger partial charge < -0.3 is 0 Å². The summed E-state index contributed by atoms with van der Waals surface area (Å²) in [6, 6.07) is 10.5. The van der Waals surface area contributed by atoms with E-state index in [1.807, 2.05) is 5.38 Å². The molecule has 66 valence electrons. The van der Waals surface area contributed by atoms with Gasteiger partial charge in [-0.1, -0.05) is 31.2 Å². The van der Waals surface area contributed by atoms with E-state index < -0.39 is 0 Å². The van der Waals surface area contributed by atoms with E-state index in [0.29, 0.717) is 0 Å². The van der Waals surface area contributed by atoms with E-state index in [2.05, 4.69) is 41.6 Å². The van der Waals surface area contributed by atoms with Gasteiger partial charge in [0.15, 0.2) is 0 Å². The molecular weight excluding hydrogens is 178 g/mol. The summed E-state index contributed by atoms with van der Waals surface area (Å²) in [4.78, 5) is 0. The van der Waals surface area contributed by atoms with Gasteiger partial charge in [-0.3, -0.25) is 0 Å². The predicted molar refractivity (Wildman–Crippen MR) is 56.9 cm³/mol. The van der Waals surface area contributed by atoms with Gasteiger partial charge >= 0.3 is 0 Å². The Balaban J connectivity index is 2.51. The minimum Gasteiger partial charge on any atom is -0.193 e. The molecule has 0 aliphatic carbocycles. The molecule has 0 aliphatic heterocycles. The van der Waals surface area contributed by atoms with E-state index in [9.17, 15) is 0 Å². The van der Waals surface area contributed by atoms with Gasteiger partial charge in [-0.05, 0) is 29.6 Å². The van der Waals surface area contributed by atoms with Gasteiger partial charge in [0.2, 0.25) is 0 Å². The monoisotopic (exact) mass is 189 g/mol. The lowest BCUT2D eigenvalue weighted by Crippen LogP contribution is -1.85. The first-order valence-corrected chi connectivity index (χ1v) is 5.24. The maximum absolute atomic E-state index is 4.34. The van der Waals surface area contributed by atoms with Crippen molar-refractivity contribution in [1.29, 1.82) is 0 Å². The van der Waals surface area contributed by atoms with Crippen LogP contribution in [0.5, 0.6) is 0 Å². The minimum absolute atomic E-state index is 1.06. The van der Waals surface area contributed by atoms with Crippen molar-refractivity contribution >= 4 is 11.5 Å². The first-order chi connectivity index (χ1) is 6.42. The van der Waals surface area contributed by atoms with Crippen LogP contribution in [0.15, 0.2) is 35.7 Å². The SMILES string of the molecule is CCc1ccccc1-c1ccsn1. The van der Waals surface area contributed by atoms with Crippen LogP contribution in [0, 0.1) is 0 Å². The fraction of sp³-hybridized carbons (Fsp3) is 0.182. The van der Waals surface area contributed by atoms with Gasteiger partial charge in [-0.15, -0.1) is 0 Å². The Labute approximate surface area is 82.2 Å². The van der Waals surface area contributed by atoms with E-state index in [1.54, 1.807) is 0 Å². The van der Waals surface area contributed by atoms with Crippen molar-refractivity contribution in [3.05, 3.63) is 41.3 Å². The fourth-order valence-electron chi connectivity index (χ4n) is 1.43. The summed E-state index contributed by atoms with van der Waals surface area (Å²) in [5.41, 5.74) is 3.74. The van der Waals surface area contributed by atoms with Crippen LogP contribution < -0.4 is 0 Å². The third-order valence-corrected chi connectivity index (χ3v) is 2.67. The van der Waals surface area contributed by atoms with Crippen LogP contribution >= 0.6 is 11.5 Å². The number of hydrogen-bond donors (Lipinski definition) is 0. The summed E-state index contributed by atoms with van der Waals surface area (Å²) in [5, 5.41) is 2.02. The van der Waals surface area contributed by atoms with Crippen LogP contribution in [0.2, 0.25) is 0 Å². The lowest BCUT2D eigenvalue weighted by molar-refractivity contribution is 1.14. The summed E-state index contributed by atoms with van der Waals surface area (Å²) in [6.45, 7) is 2.17. The van der Waals surface area contributed by atoms with Crippen LogP contribution in [-0.4, -0.2) is 4.37 Å². The lowest BCUT2D eigenvalue weighted by atomic mass is 10.0. The molecule has 1 nitrogen and oxygen atoms in total. The van der Waals surface area contributed by atoms with Crippen molar-refractivity contribution in [3.8, 4) is 11.3 Å². The van der Waals surface area contributed by atoms with Crippen molar-refractivity contribution < 1.29 is 0 Å². The normalized spacial score (nSPS) is 10.2. The maximum Gasteiger partial charge on any atom is 0.0843 e. The van der Waals surface area contributed by atoms with E-state index >= 15 is 0 Å². The average molecular weight is 189 g/mol. The van der Waals surface area contributed by atoms with Crippen molar-refractivity contribution in [2.75, 3.05) is 0 Å². The Bertz CT molecular complexity index is 379. The molecule has 2 aromatic rings. The second-order valence-corrected chi connectivity index (χ2v) is 3.56. The molecule has 0 atom stereocenters. The molecule has 0 aliphatic rings. The third kappa shape index (κ3) is 1.63. The number of aromatic nitrogens is 1. The highest BCUT2D eigenvalue weighted by Gasteiger charge is 2.03. The molecule has 1 aromatic heterocycles. The highest BCUT2D eigenvalue weighted by atomic mass is 32.1. The van der Waals surface area contributed by atoms with Gasteiger partial charge in [0.1, 0.15) is 0 Å². The minimum atomic E-state index is 1.06. The Morgan fingerprint density at radius 1 is 1.23 bits per heavy atom. The highest BCUT2D eigenvalue weighted by molar-refractivity contribution is 7.03. The zero-order chi connectivity index (χ0) is 9.10. The van der Waals surface area contributed by atoms with Crippen LogP contribution in [0.4, 0.5) is 0 Å². The lowest BCUT2D eigenvalue weighted by Gasteiger charge is -2.03. The Morgan fingerprint density at radius 3 is 2.77 bits per heavy atom. The van der Waals surface area contributed by atoms with E-state index in [1.165, 1.54) is 22.7 Å². The first kappa shape index (κ1) is 8.45. The van der Waals surface area contributed by atoms with Crippen LogP contribution in [-0.2, 0) is 6.42 Å². The summed E-state index contributed by atoms with van der Waals surface area (Å²) >= 11 is 1.50. The molecule has 1 heterocycles. The molecule has 0 fully saturated rings. The second kappa shape index (κ2) is 3.71. The average Bonchev–Trinajstić information content (AvgIpc) is 2.70. The standard InChI is InChI=1S/C11H11NS/c1-2-9-5-3-4-6-10(9)11-7-8-13-12-11/h3-8H,2H2,1H3. The van der Waals surface area contributed by atoms with Crippen LogP contribution in [0.25, 0.3) is 11.3 Å². The Hall–Kier alpha value is -1.15. The van der Waals surface area contributed by atoms with Gasteiger partial charge in [-0.2, -0.15) is 4.37 Å². The van der Waals surface area contributed by atoms with E-state index in [0.717, 1.165) is 12.1 Å². The fourth-order valence-corrected chi connectivity index (χ4v) is 1.95. The van der Waals surface area contributed by atoms with Crippen molar-refractivity contribution in [1.82, 2.24) is 4.37 Å². The molecule has 0 N–H and O–H groups in total. The molecule has 0 bridgehead atoms. The van der Waals surface area contributed by atoms with Gasteiger partial charge in [0.05, 0.1) is 5.69 Å². The van der Waals surface area contributed by atoms with Crippen molar-refractivity contribution in [2.45, 2.75) is 13.3 Å². The topological polar surface area (TPSA) is 12.9 Å². The van der Waals surface area contributed by atoms with Crippen LogP contribution in [0.1, 0.15) is 12.5 Å². The molecule has 2 heteroatoms. The predicted octanol–water partition coefficient (Wildman–Crippen LogP) is 3.37. The van der Waals surface area contributed by atoms with E-state index in [-0.39, 0.29) is 0 Å². The molecule has 13 heavy (non-hydrogen) atoms. The number of nitrogens with zero attached hydrogens (tertiary/aromatic N) is 1.